The maximum absolute atomic E-state index is 12.0. The van der Waals surface area contributed by atoms with Gasteiger partial charge in [-0.1, -0.05) is 31.2 Å². The molecule has 12 heteroatoms. The van der Waals surface area contributed by atoms with Crippen molar-refractivity contribution in [3.05, 3.63) is 111 Å². The van der Waals surface area contributed by atoms with Crippen molar-refractivity contribution < 1.29 is 32.6 Å². The predicted octanol–water partition coefficient (Wildman–Crippen LogP) is 7.96. The second kappa shape index (κ2) is 14.9. The number of hydrogen-bond acceptors (Lipinski definition) is 11. The molecule has 0 N–H and O–H groups in total. The third-order valence-electron chi connectivity index (χ3n) is 7.19. The number of nitrogens with zero attached hydrogens (tertiary/aromatic N) is 4. The van der Waals surface area contributed by atoms with Crippen LogP contribution in [0.5, 0.6) is 17.4 Å². The number of para-hydroxylation sites is 1. The molecule has 0 saturated carbocycles. The Bertz CT molecular complexity index is 2020. The summed E-state index contributed by atoms with van der Waals surface area (Å²) in [5, 5.41) is 7.86. The maximum atomic E-state index is 12.0. The summed E-state index contributed by atoms with van der Waals surface area (Å²) in [6, 6.07) is 18.6. The van der Waals surface area contributed by atoms with E-state index in [2.05, 4.69) is 16.9 Å². The fourth-order valence-corrected chi connectivity index (χ4v) is 5.41. The Labute approximate surface area is 281 Å². The molecular weight excluding hydrogens is 632 g/mol. The number of benzene rings is 2. The Kier molecular flexibility index (Phi) is 10.0. The third-order valence-corrected chi connectivity index (χ3v) is 8.20. The molecule has 4 aromatic heterocycles. The number of thiazole rings is 1. The van der Waals surface area contributed by atoms with E-state index in [-0.39, 0.29) is 31.5 Å². The van der Waals surface area contributed by atoms with E-state index in [4.69, 9.17) is 32.9 Å². The van der Waals surface area contributed by atoms with Gasteiger partial charge in [0, 0.05) is 11.6 Å². The molecule has 0 saturated heterocycles. The molecule has 6 aromatic rings. The van der Waals surface area contributed by atoms with Crippen LogP contribution in [0, 0.1) is 6.92 Å². The molecule has 0 atom stereocenters. The third kappa shape index (κ3) is 7.50. The lowest BCUT2D eigenvalue weighted by molar-refractivity contribution is 0.0491. The molecule has 0 unspecified atom stereocenters. The molecule has 246 valence electrons. The standard InChI is InChI=1S/C36H34N4O7S/c1-5-33-37-26(22-48-33)14-13-25-19-40(27-10-8-7-9-11-27)39-34(25)45-20-24-12-15-29(32(18-24)42-4)44-21-28-23(3)46-35(38-28)30-16-17-31(47-30)36(41)43-6-2/h7-19,22H,5-6,20-21H2,1-4H3. The van der Waals surface area contributed by atoms with Crippen LogP contribution in [-0.4, -0.2) is 39.4 Å². The minimum atomic E-state index is -0.548. The molecule has 4 heterocycles. The normalized spacial score (nSPS) is 11.2. The summed E-state index contributed by atoms with van der Waals surface area (Å²) in [7, 11) is 1.58. The molecule has 0 aliphatic heterocycles. The number of oxazole rings is 1. The van der Waals surface area contributed by atoms with Gasteiger partial charge in [-0.15, -0.1) is 16.4 Å². The van der Waals surface area contributed by atoms with Crippen molar-refractivity contribution in [1.29, 1.82) is 0 Å². The van der Waals surface area contributed by atoms with Gasteiger partial charge in [-0.3, -0.25) is 0 Å². The van der Waals surface area contributed by atoms with Gasteiger partial charge in [0.25, 0.3) is 5.89 Å². The van der Waals surface area contributed by atoms with Crippen LogP contribution in [-0.2, 0) is 24.4 Å². The average molecular weight is 667 g/mol. The average Bonchev–Trinajstić information content (AvgIpc) is 3.93. The maximum Gasteiger partial charge on any atom is 0.374 e. The van der Waals surface area contributed by atoms with Crippen LogP contribution in [0.4, 0.5) is 0 Å². The zero-order chi connectivity index (χ0) is 33.5. The van der Waals surface area contributed by atoms with Gasteiger partial charge in [0.2, 0.25) is 11.6 Å². The lowest BCUT2D eigenvalue weighted by Crippen LogP contribution is -2.02. The Morgan fingerprint density at radius 2 is 1.81 bits per heavy atom. The van der Waals surface area contributed by atoms with Crippen molar-refractivity contribution in [3.63, 3.8) is 0 Å². The molecule has 0 spiro atoms. The molecule has 2 aromatic carbocycles. The van der Waals surface area contributed by atoms with E-state index in [0.29, 0.717) is 34.6 Å². The second-order valence-electron chi connectivity index (χ2n) is 10.5. The quantitative estimate of drug-likeness (QED) is 0.106. The monoisotopic (exact) mass is 666 g/mol. The SMILES string of the molecule is CCOC(=O)c1ccc(-c2nc(COc3ccc(COc4nn(-c5ccccc5)cc4C=Cc4csc(CC)n4)cc3OC)c(C)o2)o1. The number of rotatable bonds is 14. The Morgan fingerprint density at radius 3 is 2.58 bits per heavy atom. The number of ether oxygens (including phenoxy) is 4. The lowest BCUT2D eigenvalue weighted by Gasteiger charge is -2.12. The number of aryl methyl sites for hydroxylation is 2. The zero-order valence-electron chi connectivity index (χ0n) is 27.0. The van der Waals surface area contributed by atoms with Gasteiger partial charge in [0.15, 0.2) is 17.3 Å². The van der Waals surface area contributed by atoms with E-state index in [9.17, 15) is 4.79 Å². The van der Waals surface area contributed by atoms with Gasteiger partial charge in [-0.2, -0.15) is 0 Å². The van der Waals surface area contributed by atoms with Crippen LogP contribution in [0.2, 0.25) is 0 Å². The van der Waals surface area contributed by atoms with Crippen molar-refractivity contribution >= 4 is 29.5 Å². The summed E-state index contributed by atoms with van der Waals surface area (Å²) in [6.07, 6.45) is 6.78. The van der Waals surface area contributed by atoms with E-state index in [1.54, 1.807) is 43.0 Å². The van der Waals surface area contributed by atoms with Gasteiger partial charge in [-0.05, 0) is 74.4 Å². The highest BCUT2D eigenvalue weighted by molar-refractivity contribution is 7.09. The summed E-state index contributed by atoms with van der Waals surface area (Å²) in [5.41, 5.74) is 4.09. The minimum absolute atomic E-state index is 0.0766. The van der Waals surface area contributed by atoms with E-state index >= 15 is 0 Å². The van der Waals surface area contributed by atoms with E-state index in [1.807, 2.05) is 72.3 Å². The smallest absolute Gasteiger partial charge is 0.374 e. The first-order chi connectivity index (χ1) is 23.4. The van der Waals surface area contributed by atoms with Gasteiger partial charge < -0.3 is 27.8 Å². The second-order valence-corrected chi connectivity index (χ2v) is 11.4. The first-order valence-electron chi connectivity index (χ1n) is 15.4. The largest absolute Gasteiger partial charge is 0.493 e. The highest BCUT2D eigenvalue weighted by Crippen LogP contribution is 2.31. The van der Waals surface area contributed by atoms with E-state index < -0.39 is 5.97 Å². The van der Waals surface area contributed by atoms with E-state index in [0.717, 1.165) is 33.9 Å². The number of esters is 1. The number of methoxy groups -OCH3 is 1. The van der Waals surface area contributed by atoms with Crippen LogP contribution in [0.3, 0.4) is 0 Å². The Balaban J connectivity index is 1.14. The number of carbonyl (C=O) groups excluding carboxylic acids is 1. The topological polar surface area (TPSA) is 124 Å². The Morgan fingerprint density at radius 1 is 0.958 bits per heavy atom. The lowest BCUT2D eigenvalue weighted by atomic mass is 10.2. The fraction of sp³-hybridized carbons (Fsp3) is 0.222. The van der Waals surface area contributed by atoms with Gasteiger partial charge in [0.05, 0.1) is 35.7 Å². The van der Waals surface area contributed by atoms with Crippen LogP contribution in [0.1, 0.15) is 57.7 Å². The summed E-state index contributed by atoms with van der Waals surface area (Å²) in [4.78, 5) is 21.1. The number of carbonyl (C=O) groups is 1. The summed E-state index contributed by atoms with van der Waals surface area (Å²) >= 11 is 1.65. The highest BCUT2D eigenvalue weighted by atomic mass is 32.1. The van der Waals surface area contributed by atoms with Crippen molar-refractivity contribution in [3.8, 4) is 34.7 Å². The summed E-state index contributed by atoms with van der Waals surface area (Å²) in [5.74, 6) is 2.19. The molecule has 0 aliphatic carbocycles. The van der Waals surface area contributed by atoms with Crippen molar-refractivity contribution in [2.24, 2.45) is 0 Å². The molecule has 0 bridgehead atoms. The minimum Gasteiger partial charge on any atom is -0.493 e. The molecule has 0 aliphatic rings. The van der Waals surface area contributed by atoms with Crippen molar-refractivity contribution in [2.45, 2.75) is 40.4 Å². The van der Waals surface area contributed by atoms with Crippen LogP contribution < -0.4 is 14.2 Å². The van der Waals surface area contributed by atoms with E-state index in [1.165, 1.54) is 6.07 Å². The fourth-order valence-electron chi connectivity index (χ4n) is 4.70. The Hall–Kier alpha value is -5.62. The zero-order valence-corrected chi connectivity index (χ0v) is 27.8. The van der Waals surface area contributed by atoms with Crippen molar-refractivity contribution in [2.75, 3.05) is 13.7 Å². The number of aromatic nitrogens is 4. The van der Waals surface area contributed by atoms with Crippen molar-refractivity contribution in [1.82, 2.24) is 19.7 Å². The summed E-state index contributed by atoms with van der Waals surface area (Å²) < 4.78 is 36.1. The molecule has 6 rings (SSSR count). The molecule has 0 fully saturated rings. The first kappa shape index (κ1) is 32.3. The molecular formula is C36H34N4O7S. The van der Waals surface area contributed by atoms with Gasteiger partial charge in [-0.25, -0.2) is 19.4 Å². The molecule has 0 radical (unpaired) electrons. The van der Waals surface area contributed by atoms with Crippen LogP contribution >= 0.6 is 11.3 Å². The van der Waals surface area contributed by atoms with Crippen LogP contribution in [0.15, 0.2) is 81.1 Å². The first-order valence-corrected chi connectivity index (χ1v) is 16.3. The molecule has 48 heavy (non-hydrogen) atoms. The van der Waals surface area contributed by atoms with Crippen LogP contribution in [0.25, 0.3) is 29.5 Å². The van der Waals surface area contributed by atoms with Gasteiger partial charge in [0.1, 0.15) is 24.7 Å². The number of furan rings is 1. The molecule has 11 nitrogen and oxygen atoms in total. The number of hydrogen-bond donors (Lipinski definition) is 0. The highest BCUT2D eigenvalue weighted by Gasteiger charge is 2.19. The van der Waals surface area contributed by atoms with Gasteiger partial charge >= 0.3 is 5.97 Å². The predicted molar refractivity (Wildman–Crippen MR) is 181 cm³/mol. The molecule has 0 amide bonds. The summed E-state index contributed by atoms with van der Waals surface area (Å²) in [6.45, 7) is 6.23.